The van der Waals surface area contributed by atoms with Crippen LogP contribution in [-0.2, 0) is 33.6 Å². The zero-order valence-electron chi connectivity index (χ0n) is 17.6. The van der Waals surface area contributed by atoms with Gasteiger partial charge in [-0.25, -0.2) is 4.79 Å². The fraction of sp³-hybridized carbons (Fsp3) is 0.435. The van der Waals surface area contributed by atoms with E-state index in [4.69, 9.17) is 4.74 Å². The monoisotopic (exact) mass is 444 g/mol. The maximum Gasteiger partial charge on any atom is 0.341 e. The number of aryl methyl sites for hydroxylation is 1. The molecule has 3 rings (SSSR count). The lowest BCUT2D eigenvalue weighted by atomic mass is 9.95. The molecule has 1 heterocycles. The fourth-order valence-corrected chi connectivity index (χ4v) is 5.01. The standard InChI is InChI=1S/C23H28N2O5S/c1-2-30-23(29)20-16-10-6-7-11-18(16)31-21(20)25-19(26)14-17(22(27)28)24-13-12-15-8-4-3-5-9-15/h3-5,8-9,17,24H,2,6-7,10-14H2,1H3,(H,25,26)(H,27,28). The fourth-order valence-electron chi connectivity index (χ4n) is 3.72. The summed E-state index contributed by atoms with van der Waals surface area (Å²) in [5, 5.41) is 15.7. The maximum atomic E-state index is 12.6. The first kappa shape index (κ1) is 23.0. The summed E-state index contributed by atoms with van der Waals surface area (Å²) in [5.41, 5.74) is 2.48. The van der Waals surface area contributed by atoms with Gasteiger partial charge in [-0.05, 0) is 56.7 Å². The van der Waals surface area contributed by atoms with Crippen LogP contribution in [0, 0.1) is 0 Å². The van der Waals surface area contributed by atoms with Gasteiger partial charge in [-0.15, -0.1) is 11.3 Å². The second-order valence-electron chi connectivity index (χ2n) is 7.47. The number of rotatable bonds is 10. The maximum absolute atomic E-state index is 12.6. The zero-order valence-corrected chi connectivity index (χ0v) is 18.4. The number of aliphatic carboxylic acids is 1. The lowest BCUT2D eigenvalue weighted by Gasteiger charge is -2.15. The largest absolute Gasteiger partial charge is 0.480 e. The van der Waals surface area contributed by atoms with E-state index in [-0.39, 0.29) is 13.0 Å². The summed E-state index contributed by atoms with van der Waals surface area (Å²) >= 11 is 1.39. The third-order valence-electron chi connectivity index (χ3n) is 5.24. The number of carbonyl (C=O) groups excluding carboxylic acids is 2. The molecule has 3 N–H and O–H groups in total. The number of carboxylic acids is 1. The molecule has 7 nitrogen and oxygen atoms in total. The Labute approximate surface area is 185 Å². The van der Waals surface area contributed by atoms with Gasteiger partial charge in [0.15, 0.2) is 0 Å². The van der Waals surface area contributed by atoms with Gasteiger partial charge in [0.25, 0.3) is 0 Å². The second-order valence-corrected chi connectivity index (χ2v) is 8.57. The quantitative estimate of drug-likeness (QED) is 0.485. The first-order valence-corrected chi connectivity index (χ1v) is 11.4. The smallest absolute Gasteiger partial charge is 0.341 e. The average Bonchev–Trinajstić information content (AvgIpc) is 3.11. The number of nitrogens with one attached hydrogen (secondary N) is 2. The lowest BCUT2D eigenvalue weighted by Crippen LogP contribution is -2.40. The van der Waals surface area contributed by atoms with Crippen LogP contribution in [0.15, 0.2) is 30.3 Å². The predicted molar refractivity (Wildman–Crippen MR) is 120 cm³/mol. The molecule has 0 saturated heterocycles. The van der Waals surface area contributed by atoms with Crippen molar-refractivity contribution in [3.05, 3.63) is 51.9 Å². The molecule has 1 amide bonds. The number of hydrogen-bond donors (Lipinski definition) is 3. The number of benzene rings is 1. The third-order valence-corrected chi connectivity index (χ3v) is 6.45. The van der Waals surface area contributed by atoms with Crippen molar-refractivity contribution in [2.24, 2.45) is 0 Å². The van der Waals surface area contributed by atoms with Crippen LogP contribution in [-0.4, -0.2) is 42.1 Å². The van der Waals surface area contributed by atoms with E-state index < -0.39 is 23.9 Å². The van der Waals surface area contributed by atoms with Crippen LogP contribution in [0.4, 0.5) is 5.00 Å². The Hall–Kier alpha value is -2.71. The molecular formula is C23H28N2O5S. The Bertz CT molecular complexity index is 926. The number of esters is 1. The average molecular weight is 445 g/mol. The Balaban J connectivity index is 1.64. The van der Waals surface area contributed by atoms with Gasteiger partial charge in [0.2, 0.25) is 5.91 Å². The van der Waals surface area contributed by atoms with Gasteiger partial charge >= 0.3 is 11.9 Å². The van der Waals surface area contributed by atoms with E-state index in [0.29, 0.717) is 23.5 Å². The SMILES string of the molecule is CCOC(=O)c1c(NC(=O)CC(NCCc2ccccc2)C(=O)O)sc2c1CCCC2. The number of ether oxygens (including phenoxy) is 1. The normalized spacial score (nSPS) is 13.8. The summed E-state index contributed by atoms with van der Waals surface area (Å²) in [7, 11) is 0. The molecule has 0 saturated carbocycles. The van der Waals surface area contributed by atoms with Crippen LogP contribution in [0.2, 0.25) is 0 Å². The van der Waals surface area contributed by atoms with Gasteiger partial charge in [-0.1, -0.05) is 30.3 Å². The molecule has 0 spiro atoms. The number of amides is 1. The minimum absolute atomic E-state index is 0.227. The van der Waals surface area contributed by atoms with E-state index in [2.05, 4.69) is 10.6 Å². The second kappa shape index (κ2) is 11.1. The number of anilines is 1. The van der Waals surface area contributed by atoms with Crippen LogP contribution in [0.25, 0.3) is 0 Å². The minimum Gasteiger partial charge on any atom is -0.480 e. The molecule has 1 aromatic carbocycles. The highest BCUT2D eigenvalue weighted by Gasteiger charge is 2.28. The highest BCUT2D eigenvalue weighted by atomic mass is 32.1. The van der Waals surface area contributed by atoms with Crippen molar-refractivity contribution in [3.63, 3.8) is 0 Å². The molecule has 0 radical (unpaired) electrons. The first-order chi connectivity index (χ1) is 15.0. The van der Waals surface area contributed by atoms with Crippen LogP contribution in [0.3, 0.4) is 0 Å². The van der Waals surface area contributed by atoms with E-state index >= 15 is 0 Å². The van der Waals surface area contributed by atoms with Crippen molar-refractivity contribution in [1.82, 2.24) is 5.32 Å². The van der Waals surface area contributed by atoms with E-state index in [1.165, 1.54) is 11.3 Å². The number of hydrogen-bond acceptors (Lipinski definition) is 6. The molecule has 1 aromatic heterocycles. The third kappa shape index (κ3) is 6.15. The van der Waals surface area contributed by atoms with E-state index in [1.807, 2.05) is 30.3 Å². The molecule has 0 aliphatic heterocycles. The first-order valence-electron chi connectivity index (χ1n) is 10.6. The van der Waals surface area contributed by atoms with Crippen LogP contribution in [0.5, 0.6) is 0 Å². The number of carboxylic acid groups (broad SMARTS) is 1. The highest BCUT2D eigenvalue weighted by molar-refractivity contribution is 7.17. The molecule has 31 heavy (non-hydrogen) atoms. The molecule has 8 heteroatoms. The summed E-state index contributed by atoms with van der Waals surface area (Å²) in [5.74, 6) is -1.96. The molecule has 1 atom stereocenters. The molecule has 1 aliphatic rings. The highest BCUT2D eigenvalue weighted by Crippen LogP contribution is 2.38. The van der Waals surface area contributed by atoms with Crippen molar-refractivity contribution >= 4 is 34.2 Å². The van der Waals surface area contributed by atoms with E-state index in [1.54, 1.807) is 6.92 Å². The molecule has 0 fully saturated rings. The Kier molecular flexibility index (Phi) is 8.20. The molecule has 0 bridgehead atoms. The van der Waals surface area contributed by atoms with E-state index in [9.17, 15) is 19.5 Å². The molecule has 2 aromatic rings. The Morgan fingerprint density at radius 3 is 2.61 bits per heavy atom. The van der Waals surface area contributed by atoms with Crippen molar-refractivity contribution in [2.45, 2.75) is 51.5 Å². The topological polar surface area (TPSA) is 105 Å². The van der Waals surface area contributed by atoms with Gasteiger partial charge in [0, 0.05) is 4.88 Å². The van der Waals surface area contributed by atoms with Gasteiger partial charge in [0.1, 0.15) is 11.0 Å². The summed E-state index contributed by atoms with van der Waals surface area (Å²) in [4.78, 5) is 37.9. The molecular weight excluding hydrogens is 416 g/mol. The Morgan fingerprint density at radius 1 is 1.16 bits per heavy atom. The number of thiophene rings is 1. The molecule has 1 aliphatic carbocycles. The summed E-state index contributed by atoms with van der Waals surface area (Å²) in [6.07, 6.45) is 4.15. The van der Waals surface area contributed by atoms with Gasteiger partial charge in [-0.3, -0.25) is 9.59 Å². The van der Waals surface area contributed by atoms with Crippen molar-refractivity contribution < 1.29 is 24.2 Å². The van der Waals surface area contributed by atoms with Crippen molar-refractivity contribution in [3.8, 4) is 0 Å². The minimum atomic E-state index is -1.08. The van der Waals surface area contributed by atoms with Crippen molar-refractivity contribution in [1.29, 1.82) is 0 Å². The molecule has 1 unspecified atom stereocenters. The predicted octanol–water partition coefficient (Wildman–Crippen LogP) is 3.42. The van der Waals surface area contributed by atoms with Gasteiger partial charge in [-0.2, -0.15) is 0 Å². The number of carbonyl (C=O) groups is 3. The van der Waals surface area contributed by atoms with Crippen LogP contribution in [0.1, 0.15) is 52.5 Å². The Morgan fingerprint density at radius 2 is 1.90 bits per heavy atom. The van der Waals surface area contributed by atoms with Gasteiger partial charge < -0.3 is 20.5 Å². The van der Waals surface area contributed by atoms with Crippen molar-refractivity contribution in [2.75, 3.05) is 18.5 Å². The zero-order chi connectivity index (χ0) is 22.2. The lowest BCUT2D eigenvalue weighted by molar-refractivity contribution is -0.141. The summed E-state index contributed by atoms with van der Waals surface area (Å²) in [6, 6.07) is 8.72. The van der Waals surface area contributed by atoms with Crippen LogP contribution >= 0.6 is 11.3 Å². The summed E-state index contributed by atoms with van der Waals surface area (Å²) in [6.45, 7) is 2.44. The molecule has 166 valence electrons. The van der Waals surface area contributed by atoms with E-state index in [0.717, 1.165) is 41.7 Å². The summed E-state index contributed by atoms with van der Waals surface area (Å²) < 4.78 is 5.20. The van der Waals surface area contributed by atoms with Crippen LogP contribution < -0.4 is 10.6 Å². The van der Waals surface area contributed by atoms with Gasteiger partial charge in [0.05, 0.1) is 18.6 Å². The number of fused-ring (bicyclic) bond motifs is 1.